The molecule has 2 aromatic rings. The van der Waals surface area contributed by atoms with E-state index in [4.69, 9.17) is 4.74 Å². The number of hydrogen-bond donors (Lipinski definition) is 0. The third kappa shape index (κ3) is 4.42. The minimum absolute atomic E-state index is 0.0665. The first-order valence-corrected chi connectivity index (χ1v) is 11.9. The van der Waals surface area contributed by atoms with Gasteiger partial charge in [0.2, 0.25) is 0 Å². The van der Waals surface area contributed by atoms with Crippen LogP contribution in [0.4, 0.5) is 0 Å². The number of benzene rings is 1. The third-order valence-electron chi connectivity index (χ3n) is 5.89. The summed E-state index contributed by atoms with van der Waals surface area (Å²) < 4.78 is 6.41. The quantitative estimate of drug-likeness (QED) is 0.398. The van der Waals surface area contributed by atoms with E-state index >= 15 is 0 Å². The number of aromatic nitrogens is 1. The van der Waals surface area contributed by atoms with Crippen molar-refractivity contribution in [2.75, 3.05) is 6.61 Å². The van der Waals surface area contributed by atoms with Gasteiger partial charge < -0.3 is 0 Å². The van der Waals surface area contributed by atoms with E-state index in [2.05, 4.69) is 50.3 Å². The molecule has 0 spiro atoms. The van der Waals surface area contributed by atoms with E-state index in [1.165, 1.54) is 46.6 Å². The van der Waals surface area contributed by atoms with Crippen molar-refractivity contribution >= 4 is 25.4 Å². The Kier molecular flexibility index (Phi) is 6.52. The van der Waals surface area contributed by atoms with Gasteiger partial charge in [-0.25, -0.2) is 0 Å². The predicted octanol–water partition coefficient (Wildman–Crippen LogP) is 4.14. The van der Waals surface area contributed by atoms with Gasteiger partial charge >= 0.3 is 181 Å². The van der Waals surface area contributed by atoms with Crippen LogP contribution in [0.3, 0.4) is 0 Å². The van der Waals surface area contributed by atoms with Gasteiger partial charge in [0.05, 0.1) is 0 Å². The number of pyridine rings is 1. The first-order chi connectivity index (χ1) is 13.8. The van der Waals surface area contributed by atoms with Crippen LogP contribution in [0.25, 0.3) is 0 Å². The molecule has 3 nitrogen and oxygen atoms in total. The molecule has 152 valence electrons. The Labute approximate surface area is 180 Å². The fraction of sp³-hybridized carbons (Fsp3) is 0.440. The monoisotopic (exact) mass is 455 g/mol. The number of fused-ring (bicyclic) bond motifs is 1. The number of esters is 1. The Hall–Kier alpha value is -2.08. The molecule has 29 heavy (non-hydrogen) atoms. The summed E-state index contributed by atoms with van der Waals surface area (Å²) in [6.45, 7) is 13.7. The van der Waals surface area contributed by atoms with Gasteiger partial charge in [-0.3, -0.25) is 0 Å². The fourth-order valence-electron chi connectivity index (χ4n) is 4.34. The number of carbonyl (C=O) groups excluding carboxylic acids is 1. The maximum absolute atomic E-state index is 11.7. The van der Waals surface area contributed by atoms with Gasteiger partial charge in [-0.05, 0) is 0 Å². The van der Waals surface area contributed by atoms with Crippen LogP contribution < -0.4 is 4.46 Å². The molecule has 1 aliphatic carbocycles. The molecule has 3 rings (SSSR count). The Morgan fingerprint density at radius 2 is 1.97 bits per heavy atom. The van der Waals surface area contributed by atoms with Crippen molar-refractivity contribution in [1.29, 1.82) is 0 Å². The van der Waals surface area contributed by atoms with Crippen LogP contribution in [0.2, 0.25) is 0 Å². The zero-order valence-electron chi connectivity index (χ0n) is 18.2. The molecule has 0 N–H and O–H groups in total. The number of ether oxygens (including phenoxy) is 1. The van der Waals surface area contributed by atoms with Gasteiger partial charge in [0, 0.05) is 0 Å². The van der Waals surface area contributed by atoms with Gasteiger partial charge in [-0.1, -0.05) is 0 Å². The van der Waals surface area contributed by atoms with E-state index in [0.29, 0.717) is 17.9 Å². The average Bonchev–Trinajstić information content (AvgIpc) is 2.68. The molecule has 0 unspecified atom stereocenters. The molecule has 0 bridgehead atoms. The van der Waals surface area contributed by atoms with Crippen molar-refractivity contribution in [2.45, 2.75) is 66.2 Å². The first kappa shape index (κ1) is 21.6. The van der Waals surface area contributed by atoms with Crippen LogP contribution in [0.1, 0.15) is 77.5 Å². The summed E-state index contributed by atoms with van der Waals surface area (Å²) in [5.74, 6) is 2.83. The van der Waals surface area contributed by atoms with Gasteiger partial charge in [0.25, 0.3) is 0 Å². The molecular formula is C25H29NO2Se. The van der Waals surface area contributed by atoms with Crippen LogP contribution in [-0.2, 0) is 16.6 Å². The molecule has 0 atom stereocenters. The summed E-state index contributed by atoms with van der Waals surface area (Å²) in [5.41, 5.74) is 8.82. The van der Waals surface area contributed by atoms with Crippen molar-refractivity contribution in [3.63, 3.8) is 0 Å². The fourth-order valence-corrected chi connectivity index (χ4v) is 6.10. The molecule has 0 fully saturated rings. The maximum atomic E-state index is 11.7. The summed E-state index contributed by atoms with van der Waals surface area (Å²) in [4.78, 5) is 19.4. The van der Waals surface area contributed by atoms with E-state index in [1.54, 1.807) is 30.2 Å². The van der Waals surface area contributed by atoms with Crippen LogP contribution in [0.15, 0.2) is 18.3 Å². The van der Waals surface area contributed by atoms with Gasteiger partial charge in [-0.2, -0.15) is 0 Å². The average molecular weight is 454 g/mol. The standard InChI is InChI=1S/C25H29NO2Se/c1-7-28-24(27)19-10-11-20(26-15-19)12-14-29-23-17(3)16(2)22-21(18(23)4)9-8-13-25(22,5)6/h10-11,15H,7-9,13H2,1-6H3. The van der Waals surface area contributed by atoms with Gasteiger partial charge in [0.1, 0.15) is 0 Å². The molecule has 0 radical (unpaired) electrons. The molecule has 4 heteroatoms. The Balaban J connectivity index is 1.86. The number of nitrogens with zero attached hydrogens (tertiary/aromatic N) is 1. The summed E-state index contributed by atoms with van der Waals surface area (Å²) >= 11 is 0.0665. The summed E-state index contributed by atoms with van der Waals surface area (Å²) in [7, 11) is 0. The summed E-state index contributed by atoms with van der Waals surface area (Å²) in [6.07, 6.45) is 5.24. The number of carbonyl (C=O) groups is 1. The Morgan fingerprint density at radius 1 is 1.21 bits per heavy atom. The van der Waals surface area contributed by atoms with Gasteiger partial charge in [0.15, 0.2) is 0 Å². The van der Waals surface area contributed by atoms with E-state index in [-0.39, 0.29) is 26.3 Å². The first-order valence-electron chi connectivity index (χ1n) is 10.2. The molecule has 1 aliphatic rings. The van der Waals surface area contributed by atoms with Crippen molar-refractivity contribution < 1.29 is 9.53 Å². The topological polar surface area (TPSA) is 39.2 Å². The minimum atomic E-state index is -0.345. The van der Waals surface area contributed by atoms with Crippen molar-refractivity contribution in [1.82, 2.24) is 4.98 Å². The number of rotatable bonds is 3. The van der Waals surface area contributed by atoms with E-state index in [0.717, 1.165) is 0 Å². The molecule has 0 saturated heterocycles. The van der Waals surface area contributed by atoms with Crippen molar-refractivity contribution in [3.8, 4) is 10.7 Å². The zero-order valence-corrected chi connectivity index (χ0v) is 19.9. The molecular weight excluding hydrogens is 425 g/mol. The third-order valence-corrected chi connectivity index (χ3v) is 8.03. The van der Waals surface area contributed by atoms with Crippen LogP contribution in [0, 0.1) is 31.5 Å². The Morgan fingerprint density at radius 3 is 2.62 bits per heavy atom. The SMILES string of the molecule is CCOC(=O)c1ccc(C#C[Se]c2c(C)c(C)c3c(c2C)CCCC3(C)C)nc1. The van der Waals surface area contributed by atoms with E-state index in [1.807, 2.05) is 0 Å². The second kappa shape index (κ2) is 8.74. The molecule has 0 aliphatic heterocycles. The van der Waals surface area contributed by atoms with Crippen LogP contribution >= 0.6 is 0 Å². The normalized spacial score (nSPS) is 14.6. The van der Waals surface area contributed by atoms with E-state index < -0.39 is 0 Å². The van der Waals surface area contributed by atoms with E-state index in [9.17, 15) is 4.79 Å². The molecule has 0 amide bonds. The molecule has 1 aromatic carbocycles. The molecule has 1 aromatic heterocycles. The summed E-state index contributed by atoms with van der Waals surface area (Å²) in [5, 5.41) is 0. The van der Waals surface area contributed by atoms with Crippen molar-refractivity contribution in [3.05, 3.63) is 57.4 Å². The molecule has 1 heterocycles. The zero-order chi connectivity index (χ0) is 21.2. The molecule has 0 saturated carbocycles. The van der Waals surface area contributed by atoms with Crippen LogP contribution in [-0.4, -0.2) is 32.5 Å². The van der Waals surface area contributed by atoms with Gasteiger partial charge in [-0.15, -0.1) is 0 Å². The van der Waals surface area contributed by atoms with Crippen molar-refractivity contribution in [2.24, 2.45) is 0 Å². The second-order valence-corrected chi connectivity index (χ2v) is 9.99. The Bertz CT molecular complexity index is 994. The number of hydrogen-bond acceptors (Lipinski definition) is 3. The van der Waals surface area contributed by atoms with Crippen LogP contribution in [0.5, 0.6) is 0 Å². The second-order valence-electron chi connectivity index (χ2n) is 8.28. The predicted molar refractivity (Wildman–Crippen MR) is 119 cm³/mol. The summed E-state index contributed by atoms with van der Waals surface area (Å²) in [6, 6.07) is 3.51.